The molecule has 1 atom stereocenters. The van der Waals surface area contributed by atoms with Crippen molar-refractivity contribution in [3.05, 3.63) is 46.0 Å². The van der Waals surface area contributed by atoms with E-state index in [1.165, 1.54) is 15.6 Å². The van der Waals surface area contributed by atoms with Crippen LogP contribution in [0.25, 0.3) is 0 Å². The normalized spacial score (nSPS) is 13.4. The third kappa shape index (κ3) is 3.30. The molecule has 0 fully saturated rings. The minimum absolute atomic E-state index is 0.620. The molecule has 1 rings (SSSR count). The first-order chi connectivity index (χ1) is 6.63. The number of benzene rings is 1. The Bertz CT molecular complexity index is 326. The van der Waals surface area contributed by atoms with Gasteiger partial charge in [0.1, 0.15) is 0 Å². The zero-order valence-electron chi connectivity index (χ0n) is 9.05. The first-order valence-corrected chi connectivity index (χ1v) is 5.80. The van der Waals surface area contributed by atoms with Crippen LogP contribution in [0.3, 0.4) is 0 Å². The Hall–Kier alpha value is -0.560. The van der Waals surface area contributed by atoms with Gasteiger partial charge in [0.2, 0.25) is 0 Å². The van der Waals surface area contributed by atoms with Gasteiger partial charge in [-0.2, -0.15) is 0 Å². The van der Waals surface area contributed by atoms with Crippen LogP contribution in [0.1, 0.15) is 25.0 Å². The van der Waals surface area contributed by atoms with Crippen LogP contribution in [0.5, 0.6) is 0 Å². The summed E-state index contributed by atoms with van der Waals surface area (Å²) < 4.78 is 1.21. The summed E-state index contributed by atoms with van der Waals surface area (Å²) in [7, 11) is 0. The molecule has 0 amide bonds. The van der Waals surface area contributed by atoms with E-state index < -0.39 is 0 Å². The zero-order chi connectivity index (χ0) is 10.6. The number of hydrogen-bond donors (Lipinski definition) is 0. The molecule has 0 bridgehead atoms. The molecule has 0 saturated heterocycles. The Morgan fingerprint density at radius 2 is 2.14 bits per heavy atom. The molecule has 1 heteroatoms. The van der Waals surface area contributed by atoms with Crippen molar-refractivity contribution >= 4 is 15.9 Å². The second-order valence-electron chi connectivity index (χ2n) is 3.79. The molecule has 0 aliphatic heterocycles. The molecule has 0 radical (unpaired) electrons. The molecule has 0 spiro atoms. The zero-order valence-corrected chi connectivity index (χ0v) is 10.6. The van der Waals surface area contributed by atoms with Crippen LogP contribution in [0.2, 0.25) is 0 Å². The summed E-state index contributed by atoms with van der Waals surface area (Å²) in [5, 5.41) is 0. The lowest BCUT2D eigenvalue weighted by Gasteiger charge is -2.07. The second-order valence-corrected chi connectivity index (χ2v) is 4.65. The van der Waals surface area contributed by atoms with Crippen molar-refractivity contribution < 1.29 is 0 Å². The molecule has 0 aliphatic carbocycles. The van der Waals surface area contributed by atoms with Gasteiger partial charge >= 0.3 is 0 Å². The SMILES string of the molecule is C/C=C\C(C)Cc1ccc(C)c(Br)c1. The molecule has 0 N–H and O–H groups in total. The van der Waals surface area contributed by atoms with Gasteiger partial charge in [-0.3, -0.25) is 0 Å². The Labute approximate surface area is 95.2 Å². The predicted molar refractivity (Wildman–Crippen MR) is 66.6 cm³/mol. The van der Waals surface area contributed by atoms with E-state index in [1.807, 2.05) is 0 Å². The molecule has 0 aromatic heterocycles. The van der Waals surface area contributed by atoms with Crippen LogP contribution in [0.15, 0.2) is 34.8 Å². The summed E-state index contributed by atoms with van der Waals surface area (Å²) >= 11 is 3.56. The van der Waals surface area contributed by atoms with Crippen LogP contribution < -0.4 is 0 Å². The van der Waals surface area contributed by atoms with Gasteiger partial charge in [0.05, 0.1) is 0 Å². The lowest BCUT2D eigenvalue weighted by molar-refractivity contribution is 0.722. The maximum absolute atomic E-state index is 3.56. The Morgan fingerprint density at radius 3 is 2.71 bits per heavy atom. The largest absolute Gasteiger partial charge is 0.0914 e. The molecule has 0 saturated carbocycles. The minimum atomic E-state index is 0.620. The fourth-order valence-corrected chi connectivity index (χ4v) is 1.96. The van der Waals surface area contributed by atoms with Gasteiger partial charge in [0, 0.05) is 4.47 Å². The van der Waals surface area contributed by atoms with Gasteiger partial charge in [0.15, 0.2) is 0 Å². The highest BCUT2D eigenvalue weighted by Crippen LogP contribution is 2.19. The van der Waals surface area contributed by atoms with Gasteiger partial charge in [0.25, 0.3) is 0 Å². The van der Waals surface area contributed by atoms with E-state index in [0.717, 1.165) is 6.42 Å². The summed E-state index contributed by atoms with van der Waals surface area (Å²) in [5.41, 5.74) is 2.69. The second kappa shape index (κ2) is 5.35. The quantitative estimate of drug-likeness (QED) is 0.695. The van der Waals surface area contributed by atoms with Gasteiger partial charge in [-0.15, -0.1) is 0 Å². The first kappa shape index (κ1) is 11.5. The molecule has 1 aromatic carbocycles. The molecular weight excluding hydrogens is 236 g/mol. The maximum atomic E-state index is 3.56. The smallest absolute Gasteiger partial charge is 0.0207 e. The Balaban J connectivity index is 2.73. The average molecular weight is 253 g/mol. The summed E-state index contributed by atoms with van der Waals surface area (Å²) in [6.07, 6.45) is 5.48. The minimum Gasteiger partial charge on any atom is -0.0914 e. The van der Waals surface area contributed by atoms with Crippen molar-refractivity contribution in [2.24, 2.45) is 5.92 Å². The third-order valence-corrected chi connectivity index (χ3v) is 3.17. The van der Waals surface area contributed by atoms with Crippen LogP contribution >= 0.6 is 15.9 Å². The number of hydrogen-bond acceptors (Lipinski definition) is 0. The van der Waals surface area contributed by atoms with E-state index in [9.17, 15) is 0 Å². The van der Waals surface area contributed by atoms with Gasteiger partial charge in [-0.25, -0.2) is 0 Å². The van der Waals surface area contributed by atoms with Gasteiger partial charge < -0.3 is 0 Å². The molecule has 0 aliphatic rings. The lowest BCUT2D eigenvalue weighted by Crippen LogP contribution is -1.96. The molecular formula is C13H17Br. The summed E-state index contributed by atoms with van der Waals surface area (Å²) in [5.74, 6) is 0.620. The van der Waals surface area contributed by atoms with Gasteiger partial charge in [-0.05, 0) is 43.4 Å². The van der Waals surface area contributed by atoms with E-state index in [-0.39, 0.29) is 0 Å². The predicted octanol–water partition coefficient (Wildman–Crippen LogP) is 4.51. The molecule has 1 aromatic rings. The summed E-state index contributed by atoms with van der Waals surface area (Å²) in [4.78, 5) is 0. The van der Waals surface area contributed by atoms with Crippen molar-refractivity contribution in [2.75, 3.05) is 0 Å². The molecule has 76 valence electrons. The maximum Gasteiger partial charge on any atom is 0.0207 e. The first-order valence-electron chi connectivity index (χ1n) is 5.01. The van der Waals surface area contributed by atoms with Crippen molar-refractivity contribution in [3.8, 4) is 0 Å². The van der Waals surface area contributed by atoms with Crippen LogP contribution in [0.4, 0.5) is 0 Å². The highest BCUT2D eigenvalue weighted by molar-refractivity contribution is 9.10. The molecule has 14 heavy (non-hydrogen) atoms. The third-order valence-electron chi connectivity index (χ3n) is 2.31. The fraction of sp³-hybridized carbons (Fsp3) is 0.385. The number of aryl methyl sites for hydroxylation is 1. The number of rotatable bonds is 3. The summed E-state index contributed by atoms with van der Waals surface area (Å²) in [6.45, 7) is 6.43. The van der Waals surface area contributed by atoms with E-state index in [1.54, 1.807) is 0 Å². The number of allylic oxidation sites excluding steroid dienone is 2. The Kier molecular flexibility index (Phi) is 4.40. The van der Waals surface area contributed by atoms with E-state index in [0.29, 0.717) is 5.92 Å². The van der Waals surface area contributed by atoms with E-state index in [4.69, 9.17) is 0 Å². The molecule has 1 unspecified atom stereocenters. The standard InChI is InChI=1S/C13H17Br/c1-4-5-10(2)8-12-7-6-11(3)13(14)9-12/h4-7,9-10H,8H2,1-3H3/b5-4-. The molecule has 0 heterocycles. The Morgan fingerprint density at radius 1 is 1.43 bits per heavy atom. The van der Waals surface area contributed by atoms with E-state index in [2.05, 4.69) is 67.1 Å². The molecule has 0 nitrogen and oxygen atoms in total. The van der Waals surface area contributed by atoms with Gasteiger partial charge in [-0.1, -0.05) is 47.1 Å². The monoisotopic (exact) mass is 252 g/mol. The average Bonchev–Trinajstić information content (AvgIpc) is 2.12. The fourth-order valence-electron chi connectivity index (χ4n) is 1.53. The number of halogens is 1. The van der Waals surface area contributed by atoms with Crippen LogP contribution in [-0.2, 0) is 6.42 Å². The topological polar surface area (TPSA) is 0 Å². The lowest BCUT2D eigenvalue weighted by atomic mass is 10.00. The van der Waals surface area contributed by atoms with Crippen molar-refractivity contribution in [1.82, 2.24) is 0 Å². The van der Waals surface area contributed by atoms with Crippen LogP contribution in [0, 0.1) is 12.8 Å². The highest BCUT2D eigenvalue weighted by Gasteiger charge is 2.01. The highest BCUT2D eigenvalue weighted by atomic mass is 79.9. The van der Waals surface area contributed by atoms with Crippen LogP contribution in [-0.4, -0.2) is 0 Å². The summed E-state index contributed by atoms with van der Waals surface area (Å²) in [6, 6.07) is 6.59. The van der Waals surface area contributed by atoms with Crippen molar-refractivity contribution in [3.63, 3.8) is 0 Å². The van der Waals surface area contributed by atoms with E-state index >= 15 is 0 Å². The van der Waals surface area contributed by atoms with Crippen molar-refractivity contribution in [2.45, 2.75) is 27.2 Å². The van der Waals surface area contributed by atoms with Crippen molar-refractivity contribution in [1.29, 1.82) is 0 Å².